The molecule has 1 unspecified atom stereocenters. The molecule has 0 aliphatic heterocycles. The number of nitrogens with zero attached hydrogens (tertiary/aromatic N) is 1. The molecular formula is C11H11NO2S. The van der Waals surface area contributed by atoms with Gasteiger partial charge < -0.3 is 10.2 Å². The van der Waals surface area contributed by atoms with Crippen LogP contribution in [-0.4, -0.2) is 15.2 Å². The van der Waals surface area contributed by atoms with Gasteiger partial charge in [0.1, 0.15) is 11.9 Å². The molecule has 1 aromatic carbocycles. The molecule has 0 saturated heterocycles. The second-order valence-electron chi connectivity index (χ2n) is 3.30. The molecule has 1 aromatic heterocycles. The second-order valence-corrected chi connectivity index (χ2v) is 4.02. The van der Waals surface area contributed by atoms with Crippen LogP contribution < -0.4 is 0 Å². The largest absolute Gasteiger partial charge is 0.508 e. The van der Waals surface area contributed by atoms with Gasteiger partial charge in [-0.2, -0.15) is 0 Å². The molecule has 0 bridgehead atoms. The van der Waals surface area contributed by atoms with Crippen LogP contribution in [0.15, 0.2) is 35.2 Å². The fourth-order valence-corrected chi connectivity index (χ4v) is 2.00. The van der Waals surface area contributed by atoms with E-state index in [9.17, 15) is 10.2 Å². The number of phenolic OH excluding ortho intramolecular Hbond substituents is 1. The standard InChI is InChI=1S/C11H11NO2S/c13-9-3-1-2-8(4-9)5-11(14)10-6-15-7-12-10/h1-4,6-7,11,13-14H,5H2. The zero-order valence-electron chi connectivity index (χ0n) is 8.00. The highest BCUT2D eigenvalue weighted by Crippen LogP contribution is 2.20. The second kappa shape index (κ2) is 4.42. The Morgan fingerprint density at radius 2 is 2.27 bits per heavy atom. The summed E-state index contributed by atoms with van der Waals surface area (Å²) in [7, 11) is 0. The maximum Gasteiger partial charge on any atom is 0.115 e. The van der Waals surface area contributed by atoms with Crippen LogP contribution in [0.2, 0.25) is 0 Å². The van der Waals surface area contributed by atoms with E-state index in [-0.39, 0.29) is 5.75 Å². The first-order valence-electron chi connectivity index (χ1n) is 4.60. The Bertz CT molecular complexity index is 428. The molecule has 0 aliphatic carbocycles. The number of benzene rings is 1. The van der Waals surface area contributed by atoms with E-state index in [2.05, 4.69) is 4.98 Å². The molecule has 78 valence electrons. The van der Waals surface area contributed by atoms with Gasteiger partial charge >= 0.3 is 0 Å². The minimum absolute atomic E-state index is 0.220. The predicted molar refractivity (Wildman–Crippen MR) is 58.9 cm³/mol. The molecule has 3 nitrogen and oxygen atoms in total. The summed E-state index contributed by atoms with van der Waals surface area (Å²) in [6.07, 6.45) is -0.129. The van der Waals surface area contributed by atoms with Gasteiger partial charge in [0.2, 0.25) is 0 Å². The summed E-state index contributed by atoms with van der Waals surface area (Å²) >= 11 is 1.46. The van der Waals surface area contributed by atoms with Crippen molar-refractivity contribution in [3.05, 3.63) is 46.4 Å². The Labute approximate surface area is 91.7 Å². The van der Waals surface area contributed by atoms with Crippen LogP contribution in [0.25, 0.3) is 0 Å². The summed E-state index contributed by atoms with van der Waals surface area (Å²) in [6, 6.07) is 6.89. The lowest BCUT2D eigenvalue weighted by atomic mass is 10.1. The van der Waals surface area contributed by atoms with Crippen molar-refractivity contribution in [2.75, 3.05) is 0 Å². The molecule has 4 heteroatoms. The third kappa shape index (κ3) is 2.55. The van der Waals surface area contributed by atoms with Crippen LogP contribution in [-0.2, 0) is 6.42 Å². The summed E-state index contributed by atoms with van der Waals surface area (Å²) in [6.45, 7) is 0. The molecule has 15 heavy (non-hydrogen) atoms. The third-order valence-electron chi connectivity index (χ3n) is 2.13. The van der Waals surface area contributed by atoms with Gasteiger partial charge in [-0.05, 0) is 17.7 Å². The quantitative estimate of drug-likeness (QED) is 0.834. The van der Waals surface area contributed by atoms with E-state index < -0.39 is 6.10 Å². The van der Waals surface area contributed by atoms with E-state index >= 15 is 0 Å². The van der Waals surface area contributed by atoms with Gasteiger partial charge in [-0.15, -0.1) is 11.3 Å². The average molecular weight is 221 g/mol. The first-order valence-corrected chi connectivity index (χ1v) is 5.54. The van der Waals surface area contributed by atoms with Crippen molar-refractivity contribution in [2.24, 2.45) is 0 Å². The molecule has 0 aliphatic rings. The predicted octanol–water partition coefficient (Wildman–Crippen LogP) is 2.12. The molecular weight excluding hydrogens is 210 g/mol. The van der Waals surface area contributed by atoms with Crippen molar-refractivity contribution < 1.29 is 10.2 Å². The Hall–Kier alpha value is -1.39. The third-order valence-corrected chi connectivity index (χ3v) is 2.74. The molecule has 0 saturated carbocycles. The van der Waals surface area contributed by atoms with Crippen LogP contribution in [0.4, 0.5) is 0 Å². The van der Waals surface area contributed by atoms with Crippen molar-refractivity contribution in [1.82, 2.24) is 4.98 Å². The summed E-state index contributed by atoms with van der Waals surface area (Å²) in [5, 5.41) is 20.9. The highest BCUT2D eigenvalue weighted by Gasteiger charge is 2.10. The number of aromatic nitrogens is 1. The molecule has 0 fully saturated rings. The minimum Gasteiger partial charge on any atom is -0.508 e. The monoisotopic (exact) mass is 221 g/mol. The first-order chi connectivity index (χ1) is 7.25. The van der Waals surface area contributed by atoms with Crippen molar-refractivity contribution in [3.63, 3.8) is 0 Å². The molecule has 0 amide bonds. The SMILES string of the molecule is Oc1cccc(CC(O)c2cscn2)c1. The van der Waals surface area contributed by atoms with Gasteiger partial charge in [0.05, 0.1) is 11.2 Å². The number of hydrogen-bond acceptors (Lipinski definition) is 4. The number of aliphatic hydroxyl groups excluding tert-OH is 1. The van der Waals surface area contributed by atoms with Crippen LogP contribution in [0.1, 0.15) is 17.4 Å². The average Bonchev–Trinajstić information content (AvgIpc) is 2.70. The highest BCUT2D eigenvalue weighted by atomic mass is 32.1. The number of phenols is 1. The maximum absolute atomic E-state index is 9.82. The number of hydrogen-bond donors (Lipinski definition) is 2. The lowest BCUT2D eigenvalue weighted by molar-refractivity contribution is 0.174. The first kappa shape index (κ1) is 10.1. The summed E-state index contributed by atoms with van der Waals surface area (Å²) in [4.78, 5) is 4.04. The fourth-order valence-electron chi connectivity index (χ4n) is 1.40. The normalized spacial score (nSPS) is 12.6. The van der Waals surface area contributed by atoms with Gasteiger partial charge in [-0.25, -0.2) is 4.98 Å². The van der Waals surface area contributed by atoms with Gasteiger partial charge in [0.15, 0.2) is 0 Å². The molecule has 1 heterocycles. The Balaban J connectivity index is 2.09. The van der Waals surface area contributed by atoms with Crippen LogP contribution in [0.5, 0.6) is 5.75 Å². The van der Waals surface area contributed by atoms with Crippen LogP contribution in [0.3, 0.4) is 0 Å². The summed E-state index contributed by atoms with van der Waals surface area (Å²) < 4.78 is 0. The van der Waals surface area contributed by atoms with Crippen molar-refractivity contribution in [2.45, 2.75) is 12.5 Å². The Morgan fingerprint density at radius 3 is 2.93 bits per heavy atom. The number of rotatable bonds is 3. The Morgan fingerprint density at radius 1 is 1.40 bits per heavy atom. The van der Waals surface area contributed by atoms with E-state index in [4.69, 9.17) is 0 Å². The molecule has 1 atom stereocenters. The van der Waals surface area contributed by atoms with Gasteiger partial charge in [0.25, 0.3) is 0 Å². The zero-order valence-corrected chi connectivity index (χ0v) is 8.81. The number of aliphatic hydroxyl groups is 1. The lowest BCUT2D eigenvalue weighted by Gasteiger charge is -2.07. The number of aromatic hydroxyl groups is 1. The number of thiazole rings is 1. The zero-order chi connectivity index (χ0) is 10.7. The van der Waals surface area contributed by atoms with E-state index in [1.807, 2.05) is 11.4 Å². The van der Waals surface area contributed by atoms with E-state index in [1.165, 1.54) is 11.3 Å². The van der Waals surface area contributed by atoms with Crippen LogP contribution in [0, 0.1) is 0 Å². The van der Waals surface area contributed by atoms with E-state index in [0.29, 0.717) is 12.1 Å². The van der Waals surface area contributed by atoms with Gasteiger partial charge in [-0.3, -0.25) is 0 Å². The van der Waals surface area contributed by atoms with Crippen LogP contribution >= 0.6 is 11.3 Å². The molecule has 0 spiro atoms. The topological polar surface area (TPSA) is 53.4 Å². The minimum atomic E-state index is -0.599. The van der Waals surface area contributed by atoms with Gasteiger partial charge in [-0.1, -0.05) is 12.1 Å². The summed E-state index contributed by atoms with van der Waals surface area (Å²) in [5.74, 6) is 0.220. The molecule has 0 radical (unpaired) electrons. The smallest absolute Gasteiger partial charge is 0.115 e. The van der Waals surface area contributed by atoms with Crippen molar-refractivity contribution in [1.29, 1.82) is 0 Å². The highest BCUT2D eigenvalue weighted by molar-refractivity contribution is 7.07. The van der Waals surface area contributed by atoms with Gasteiger partial charge in [0, 0.05) is 11.8 Å². The van der Waals surface area contributed by atoms with Crippen molar-refractivity contribution in [3.8, 4) is 5.75 Å². The molecule has 2 rings (SSSR count). The van der Waals surface area contributed by atoms with E-state index in [1.54, 1.807) is 23.7 Å². The summed E-state index contributed by atoms with van der Waals surface area (Å²) in [5.41, 5.74) is 3.28. The molecule has 2 N–H and O–H groups in total. The van der Waals surface area contributed by atoms with E-state index in [0.717, 1.165) is 5.56 Å². The maximum atomic E-state index is 9.82. The Kier molecular flexibility index (Phi) is 2.99. The lowest BCUT2D eigenvalue weighted by Crippen LogP contribution is -2.01. The van der Waals surface area contributed by atoms with Crippen molar-refractivity contribution >= 4 is 11.3 Å². The molecule has 2 aromatic rings. The fraction of sp³-hybridized carbons (Fsp3) is 0.182.